The molecule has 0 aromatic heterocycles. The lowest BCUT2D eigenvalue weighted by atomic mass is 10.0. The van der Waals surface area contributed by atoms with Crippen LogP contribution in [0.15, 0.2) is 0 Å². The van der Waals surface area contributed by atoms with E-state index >= 15 is 0 Å². The van der Waals surface area contributed by atoms with Crippen LogP contribution in [0.2, 0.25) is 0 Å². The van der Waals surface area contributed by atoms with Crippen molar-refractivity contribution in [1.82, 2.24) is 5.32 Å². The summed E-state index contributed by atoms with van der Waals surface area (Å²) in [5.74, 6) is -1.19. The van der Waals surface area contributed by atoms with Gasteiger partial charge in [-0.05, 0) is 40.0 Å². The highest BCUT2D eigenvalue weighted by Gasteiger charge is 2.17. The van der Waals surface area contributed by atoms with Gasteiger partial charge in [-0.2, -0.15) is 0 Å². The third-order valence-electron chi connectivity index (χ3n) is 5.50. The maximum Gasteiger partial charge on any atom is 0.326 e. The summed E-state index contributed by atoms with van der Waals surface area (Å²) in [5, 5.41) is 11.5. The summed E-state index contributed by atoms with van der Waals surface area (Å²) < 4.78 is 5.32. The van der Waals surface area contributed by atoms with E-state index in [1.54, 1.807) is 6.92 Å². The van der Waals surface area contributed by atoms with E-state index in [9.17, 15) is 14.4 Å². The molecule has 32 heavy (non-hydrogen) atoms. The molecule has 2 N–H and O–H groups in total. The molecule has 0 aliphatic rings. The van der Waals surface area contributed by atoms with Gasteiger partial charge in [0.1, 0.15) is 11.6 Å². The highest BCUT2D eigenvalue weighted by atomic mass is 16.6. The number of amides is 1. The van der Waals surface area contributed by atoms with Crippen LogP contribution in [0, 0.1) is 0 Å². The molecule has 0 fully saturated rings. The van der Waals surface area contributed by atoms with Crippen LogP contribution >= 0.6 is 0 Å². The van der Waals surface area contributed by atoms with E-state index in [-0.39, 0.29) is 17.5 Å². The molecule has 6 nitrogen and oxygen atoms in total. The molecule has 0 rings (SSSR count). The largest absolute Gasteiger partial charge is 0.480 e. The van der Waals surface area contributed by atoms with Gasteiger partial charge in [-0.3, -0.25) is 9.59 Å². The minimum absolute atomic E-state index is 0.0798. The van der Waals surface area contributed by atoms with Crippen LogP contribution in [0.5, 0.6) is 0 Å². The number of nitrogens with one attached hydrogen (secondary N) is 1. The average Bonchev–Trinajstić information content (AvgIpc) is 2.70. The highest BCUT2D eigenvalue weighted by Crippen LogP contribution is 2.15. The fourth-order valence-electron chi connectivity index (χ4n) is 3.67. The Bertz CT molecular complexity index is 513. The zero-order chi connectivity index (χ0) is 24.2. The lowest BCUT2D eigenvalue weighted by Crippen LogP contribution is -2.40. The maximum atomic E-state index is 11.7. The zero-order valence-electron chi connectivity index (χ0n) is 21.2. The van der Waals surface area contributed by atoms with E-state index in [1.807, 2.05) is 20.8 Å². The van der Waals surface area contributed by atoms with Crippen LogP contribution in [0.25, 0.3) is 0 Å². The van der Waals surface area contributed by atoms with Crippen molar-refractivity contribution in [3.05, 3.63) is 0 Å². The molecule has 0 bridgehead atoms. The van der Waals surface area contributed by atoms with Crippen molar-refractivity contribution >= 4 is 17.8 Å². The van der Waals surface area contributed by atoms with Gasteiger partial charge in [-0.1, -0.05) is 84.0 Å². The number of rotatable bonds is 20. The quantitative estimate of drug-likeness (QED) is 0.160. The van der Waals surface area contributed by atoms with Gasteiger partial charge < -0.3 is 15.2 Å². The molecular formula is C26H49NO5. The molecule has 6 heteroatoms. The molecule has 1 unspecified atom stereocenters. The number of hydrogen-bond acceptors (Lipinski definition) is 4. The van der Waals surface area contributed by atoms with Gasteiger partial charge in [-0.25, -0.2) is 4.79 Å². The first-order valence-corrected chi connectivity index (χ1v) is 12.9. The van der Waals surface area contributed by atoms with Gasteiger partial charge in [0.05, 0.1) is 0 Å². The first kappa shape index (κ1) is 30.4. The molecule has 1 atom stereocenters. The molecule has 188 valence electrons. The summed E-state index contributed by atoms with van der Waals surface area (Å²) >= 11 is 0. The summed E-state index contributed by atoms with van der Waals surface area (Å²) in [4.78, 5) is 34.3. The Labute approximate surface area is 196 Å². The van der Waals surface area contributed by atoms with E-state index in [0.717, 1.165) is 32.1 Å². The minimum atomic E-state index is -0.962. The second kappa shape index (κ2) is 18.9. The molecular weight excluding hydrogens is 406 g/mol. The Morgan fingerprint density at radius 2 is 1.09 bits per heavy atom. The third kappa shape index (κ3) is 20.3. The van der Waals surface area contributed by atoms with Gasteiger partial charge in [0.2, 0.25) is 5.91 Å². The van der Waals surface area contributed by atoms with E-state index < -0.39 is 12.0 Å². The van der Waals surface area contributed by atoms with E-state index in [4.69, 9.17) is 9.84 Å². The number of esters is 1. The van der Waals surface area contributed by atoms with Crippen molar-refractivity contribution in [2.45, 2.75) is 148 Å². The smallest absolute Gasteiger partial charge is 0.326 e. The number of ether oxygens (including phenoxy) is 1. The number of unbranched alkanes of at least 4 members (excludes halogenated alkanes) is 13. The van der Waals surface area contributed by atoms with Crippen LogP contribution in [0.1, 0.15) is 137 Å². The van der Waals surface area contributed by atoms with Crippen LogP contribution in [-0.4, -0.2) is 34.6 Å². The molecule has 0 spiro atoms. The fourth-order valence-corrected chi connectivity index (χ4v) is 3.67. The Balaban J connectivity index is 3.32. The highest BCUT2D eigenvalue weighted by molar-refractivity contribution is 5.83. The third-order valence-corrected chi connectivity index (χ3v) is 5.50. The summed E-state index contributed by atoms with van der Waals surface area (Å²) in [5.41, 5.74) is -0.377. The Hall–Kier alpha value is -1.59. The number of carbonyl (C=O) groups is 3. The first-order chi connectivity index (χ1) is 15.2. The number of carbonyl (C=O) groups excluding carboxylic acids is 2. The molecule has 0 heterocycles. The summed E-state index contributed by atoms with van der Waals surface area (Å²) in [7, 11) is 0. The van der Waals surface area contributed by atoms with E-state index in [2.05, 4.69) is 5.32 Å². The average molecular weight is 456 g/mol. The summed E-state index contributed by atoms with van der Waals surface area (Å²) in [6, 6.07) is -0.758. The summed E-state index contributed by atoms with van der Waals surface area (Å²) in [6.45, 7) is 7.48. The lowest BCUT2D eigenvalue weighted by Gasteiger charge is -2.19. The Kier molecular flexibility index (Phi) is 18.0. The standard InChI is InChI=1S/C26H49NO5/c1-5-22(25(30)31)27-23(28)20-18-16-14-12-10-8-6-7-9-11-13-15-17-19-21-24(29)32-26(2,3)4/h22H,5-21H2,1-4H3,(H,27,28)(H,30,31). The fraction of sp³-hybridized carbons (Fsp3) is 0.885. The van der Waals surface area contributed by atoms with Crippen LogP contribution in [-0.2, 0) is 19.1 Å². The van der Waals surface area contributed by atoms with Crippen molar-refractivity contribution in [2.75, 3.05) is 0 Å². The van der Waals surface area contributed by atoms with Gasteiger partial charge in [0.25, 0.3) is 0 Å². The van der Waals surface area contributed by atoms with Crippen LogP contribution in [0.4, 0.5) is 0 Å². The van der Waals surface area contributed by atoms with Crippen molar-refractivity contribution in [3.63, 3.8) is 0 Å². The van der Waals surface area contributed by atoms with E-state index in [1.165, 1.54) is 57.8 Å². The molecule has 0 saturated heterocycles. The zero-order valence-corrected chi connectivity index (χ0v) is 21.2. The van der Waals surface area contributed by atoms with E-state index in [0.29, 0.717) is 19.3 Å². The van der Waals surface area contributed by atoms with Crippen LogP contribution < -0.4 is 5.32 Å². The van der Waals surface area contributed by atoms with Gasteiger partial charge in [0.15, 0.2) is 0 Å². The van der Waals surface area contributed by atoms with Crippen molar-refractivity contribution in [2.24, 2.45) is 0 Å². The molecule has 0 aliphatic heterocycles. The monoisotopic (exact) mass is 455 g/mol. The topological polar surface area (TPSA) is 92.7 Å². The minimum Gasteiger partial charge on any atom is -0.480 e. The Morgan fingerprint density at radius 1 is 0.719 bits per heavy atom. The van der Waals surface area contributed by atoms with Crippen molar-refractivity contribution in [1.29, 1.82) is 0 Å². The Morgan fingerprint density at radius 3 is 1.44 bits per heavy atom. The summed E-state index contributed by atoms with van der Waals surface area (Å²) in [6.07, 6.45) is 17.8. The maximum absolute atomic E-state index is 11.7. The predicted molar refractivity (Wildman–Crippen MR) is 130 cm³/mol. The van der Waals surface area contributed by atoms with Gasteiger partial charge >= 0.3 is 11.9 Å². The van der Waals surface area contributed by atoms with Gasteiger partial charge in [0, 0.05) is 12.8 Å². The molecule has 0 radical (unpaired) electrons. The molecule has 0 aliphatic carbocycles. The normalized spacial score (nSPS) is 12.4. The SMILES string of the molecule is CCC(NC(=O)CCCCCCCCCCCCCCCCC(=O)OC(C)(C)C)C(=O)O. The molecule has 1 amide bonds. The van der Waals surface area contributed by atoms with Crippen molar-refractivity contribution in [3.8, 4) is 0 Å². The number of aliphatic carboxylic acids is 1. The molecule has 0 saturated carbocycles. The first-order valence-electron chi connectivity index (χ1n) is 12.9. The molecule has 0 aromatic carbocycles. The lowest BCUT2D eigenvalue weighted by molar-refractivity contribution is -0.155. The number of carboxylic acid groups (broad SMARTS) is 1. The van der Waals surface area contributed by atoms with Gasteiger partial charge in [-0.15, -0.1) is 0 Å². The van der Waals surface area contributed by atoms with Crippen LogP contribution in [0.3, 0.4) is 0 Å². The van der Waals surface area contributed by atoms with Crippen molar-refractivity contribution < 1.29 is 24.2 Å². The number of carboxylic acids is 1. The number of hydrogen-bond donors (Lipinski definition) is 2. The second-order valence-corrected chi connectivity index (χ2v) is 9.90. The second-order valence-electron chi connectivity index (χ2n) is 9.90. The molecule has 0 aromatic rings. The predicted octanol–water partition coefficient (Wildman–Crippen LogP) is 6.55.